The van der Waals surface area contributed by atoms with E-state index < -0.39 is 9.85 Å². The molecule has 2 aromatic carbocycles. The van der Waals surface area contributed by atoms with Crippen LogP contribution in [0.15, 0.2) is 48.6 Å². The van der Waals surface area contributed by atoms with Gasteiger partial charge in [-0.15, -0.1) is 0 Å². The molecular weight excluding hydrogens is 350 g/mol. The van der Waals surface area contributed by atoms with E-state index in [0.717, 1.165) is 23.2 Å². The molecule has 0 unspecified atom stereocenters. The zero-order chi connectivity index (χ0) is 19.1. The molecule has 27 heavy (non-hydrogen) atoms. The van der Waals surface area contributed by atoms with Crippen molar-refractivity contribution in [2.75, 3.05) is 12.4 Å². The van der Waals surface area contributed by atoms with Crippen LogP contribution in [0.2, 0.25) is 0 Å². The summed E-state index contributed by atoms with van der Waals surface area (Å²) in [6.07, 6.45) is 4.93. The fourth-order valence-corrected chi connectivity index (χ4v) is 4.07. The molecule has 2 aromatic rings. The minimum absolute atomic E-state index is 0.0345. The standard InChI is InChI=1S/C19H17N3O5/c1-27-18-8-5-11(9-17(18)22(25)26)19-14-4-2-3-13(14)15-10-12(21(23)24)6-7-16(15)20-19/h2-3,5-10,13-14,19-20H,4H2,1H3/t13-,14+,19-/m0/s1. The first-order valence-electron chi connectivity index (χ1n) is 8.53. The van der Waals surface area contributed by atoms with E-state index in [2.05, 4.69) is 17.5 Å². The van der Waals surface area contributed by atoms with Crippen molar-refractivity contribution in [3.8, 4) is 5.75 Å². The zero-order valence-electron chi connectivity index (χ0n) is 14.5. The normalized spacial score (nSPS) is 22.5. The first-order chi connectivity index (χ1) is 13.0. The van der Waals surface area contributed by atoms with Crippen LogP contribution < -0.4 is 10.1 Å². The second-order valence-corrected chi connectivity index (χ2v) is 6.69. The van der Waals surface area contributed by atoms with Gasteiger partial charge in [-0.1, -0.05) is 18.2 Å². The second-order valence-electron chi connectivity index (χ2n) is 6.69. The lowest BCUT2D eigenvalue weighted by Gasteiger charge is -2.37. The molecule has 0 saturated heterocycles. The van der Waals surface area contributed by atoms with E-state index in [0.29, 0.717) is 0 Å². The molecule has 1 N–H and O–H groups in total. The number of nitro benzene ring substituents is 2. The maximum atomic E-state index is 11.4. The molecule has 4 rings (SSSR count). The fraction of sp³-hybridized carbons (Fsp3) is 0.263. The number of ether oxygens (including phenoxy) is 1. The van der Waals surface area contributed by atoms with Crippen molar-refractivity contribution in [3.05, 3.63) is 79.9 Å². The Bertz CT molecular complexity index is 972. The monoisotopic (exact) mass is 367 g/mol. The van der Waals surface area contributed by atoms with Crippen LogP contribution in [0, 0.1) is 26.1 Å². The van der Waals surface area contributed by atoms with Crippen molar-refractivity contribution in [1.29, 1.82) is 0 Å². The Labute approximate surface area is 154 Å². The molecule has 0 saturated carbocycles. The smallest absolute Gasteiger partial charge is 0.311 e. The number of nitrogens with one attached hydrogen (secondary N) is 1. The highest BCUT2D eigenvalue weighted by Gasteiger charge is 2.39. The summed E-state index contributed by atoms with van der Waals surface area (Å²) in [6.45, 7) is 0. The van der Waals surface area contributed by atoms with Crippen molar-refractivity contribution >= 4 is 17.1 Å². The van der Waals surface area contributed by atoms with Gasteiger partial charge in [0.1, 0.15) is 0 Å². The first-order valence-corrected chi connectivity index (χ1v) is 8.53. The average molecular weight is 367 g/mol. The minimum atomic E-state index is -0.452. The van der Waals surface area contributed by atoms with E-state index in [1.807, 2.05) is 6.07 Å². The summed E-state index contributed by atoms with van der Waals surface area (Å²) in [7, 11) is 1.40. The van der Waals surface area contributed by atoms with Crippen molar-refractivity contribution in [1.82, 2.24) is 0 Å². The molecule has 1 aliphatic carbocycles. The van der Waals surface area contributed by atoms with Crippen molar-refractivity contribution in [2.24, 2.45) is 5.92 Å². The van der Waals surface area contributed by atoms with Gasteiger partial charge in [-0.05, 0) is 35.6 Å². The van der Waals surface area contributed by atoms with Gasteiger partial charge in [0.15, 0.2) is 5.75 Å². The summed E-state index contributed by atoms with van der Waals surface area (Å²) in [5.41, 5.74) is 2.49. The number of rotatable bonds is 4. The van der Waals surface area contributed by atoms with E-state index in [1.54, 1.807) is 24.3 Å². The molecule has 0 aromatic heterocycles. The Kier molecular flexibility index (Phi) is 4.02. The van der Waals surface area contributed by atoms with E-state index >= 15 is 0 Å². The predicted octanol–water partition coefficient (Wildman–Crippen LogP) is 4.34. The highest BCUT2D eigenvalue weighted by atomic mass is 16.6. The van der Waals surface area contributed by atoms with Crippen LogP contribution >= 0.6 is 0 Å². The van der Waals surface area contributed by atoms with Crippen LogP contribution in [-0.2, 0) is 0 Å². The molecule has 0 fully saturated rings. The van der Waals surface area contributed by atoms with Gasteiger partial charge in [-0.3, -0.25) is 20.2 Å². The quantitative estimate of drug-likeness (QED) is 0.489. The van der Waals surface area contributed by atoms with Crippen LogP contribution in [0.4, 0.5) is 17.1 Å². The van der Waals surface area contributed by atoms with Crippen molar-refractivity contribution < 1.29 is 14.6 Å². The maximum Gasteiger partial charge on any atom is 0.311 e. The largest absolute Gasteiger partial charge is 0.490 e. The van der Waals surface area contributed by atoms with E-state index in [9.17, 15) is 20.2 Å². The lowest BCUT2D eigenvalue weighted by atomic mass is 9.77. The number of methoxy groups -OCH3 is 1. The summed E-state index contributed by atoms with van der Waals surface area (Å²) in [5.74, 6) is 0.386. The van der Waals surface area contributed by atoms with Crippen LogP contribution in [-0.4, -0.2) is 17.0 Å². The summed E-state index contributed by atoms with van der Waals surface area (Å²) < 4.78 is 5.09. The van der Waals surface area contributed by atoms with E-state index in [4.69, 9.17) is 4.74 Å². The van der Waals surface area contributed by atoms with Gasteiger partial charge in [0.05, 0.1) is 23.0 Å². The van der Waals surface area contributed by atoms with Crippen LogP contribution in [0.1, 0.15) is 29.5 Å². The molecule has 0 radical (unpaired) electrons. The predicted molar refractivity (Wildman–Crippen MR) is 99.1 cm³/mol. The number of hydrogen-bond donors (Lipinski definition) is 1. The molecule has 0 spiro atoms. The number of nitrogens with zero attached hydrogens (tertiary/aromatic N) is 2. The summed E-state index contributed by atoms with van der Waals surface area (Å²) in [5, 5.41) is 25.9. The SMILES string of the molecule is COc1ccc([C@@H]2Nc3ccc([N+](=O)[O-])cc3[C@H]3C=CC[C@H]32)cc1[N+](=O)[O-]. The summed E-state index contributed by atoms with van der Waals surface area (Å²) in [6, 6.07) is 9.64. The molecule has 138 valence electrons. The van der Waals surface area contributed by atoms with Gasteiger partial charge in [-0.2, -0.15) is 0 Å². The first kappa shape index (κ1) is 17.0. The van der Waals surface area contributed by atoms with Crippen molar-refractivity contribution in [3.63, 3.8) is 0 Å². The van der Waals surface area contributed by atoms with Gasteiger partial charge in [0.25, 0.3) is 5.69 Å². The highest BCUT2D eigenvalue weighted by molar-refractivity contribution is 5.63. The highest BCUT2D eigenvalue weighted by Crippen LogP contribution is 2.51. The zero-order valence-corrected chi connectivity index (χ0v) is 14.5. The van der Waals surface area contributed by atoms with Gasteiger partial charge in [-0.25, -0.2) is 0 Å². The van der Waals surface area contributed by atoms with Gasteiger partial charge < -0.3 is 10.1 Å². The fourth-order valence-electron chi connectivity index (χ4n) is 4.07. The number of fused-ring (bicyclic) bond motifs is 3. The molecule has 0 bridgehead atoms. The molecule has 8 nitrogen and oxygen atoms in total. The Balaban J connectivity index is 1.77. The Morgan fingerprint density at radius 3 is 2.63 bits per heavy atom. The Hall–Kier alpha value is -3.42. The van der Waals surface area contributed by atoms with Crippen molar-refractivity contribution in [2.45, 2.75) is 18.4 Å². The number of non-ortho nitro benzene ring substituents is 1. The Morgan fingerprint density at radius 2 is 1.93 bits per heavy atom. The topological polar surface area (TPSA) is 108 Å². The molecule has 0 amide bonds. The lowest BCUT2D eigenvalue weighted by Crippen LogP contribution is -2.29. The average Bonchev–Trinajstić information content (AvgIpc) is 3.16. The summed E-state index contributed by atoms with van der Waals surface area (Å²) in [4.78, 5) is 21.6. The molecule has 8 heteroatoms. The third kappa shape index (κ3) is 2.79. The molecule has 1 aliphatic heterocycles. The number of hydrogen-bond acceptors (Lipinski definition) is 6. The van der Waals surface area contributed by atoms with Crippen LogP contribution in [0.25, 0.3) is 0 Å². The second kappa shape index (κ2) is 6.39. The Morgan fingerprint density at radius 1 is 1.11 bits per heavy atom. The molecule has 2 aliphatic rings. The van der Waals surface area contributed by atoms with Crippen LogP contribution in [0.3, 0.4) is 0 Å². The lowest BCUT2D eigenvalue weighted by molar-refractivity contribution is -0.385. The number of benzene rings is 2. The third-order valence-corrected chi connectivity index (χ3v) is 5.32. The third-order valence-electron chi connectivity index (χ3n) is 5.32. The number of anilines is 1. The summed E-state index contributed by atoms with van der Waals surface area (Å²) >= 11 is 0. The van der Waals surface area contributed by atoms with E-state index in [-0.39, 0.29) is 35.0 Å². The number of nitro groups is 2. The minimum Gasteiger partial charge on any atom is -0.490 e. The number of allylic oxidation sites excluding steroid dienone is 2. The van der Waals surface area contributed by atoms with E-state index in [1.165, 1.54) is 13.2 Å². The maximum absolute atomic E-state index is 11.4. The van der Waals surface area contributed by atoms with Gasteiger partial charge >= 0.3 is 5.69 Å². The van der Waals surface area contributed by atoms with Gasteiger partial charge in [0, 0.05) is 29.8 Å². The van der Waals surface area contributed by atoms with Gasteiger partial charge in [0.2, 0.25) is 0 Å². The molecule has 1 heterocycles. The molecule has 3 atom stereocenters. The van der Waals surface area contributed by atoms with Crippen LogP contribution in [0.5, 0.6) is 5.75 Å². The molecular formula is C19H17N3O5.